The van der Waals surface area contributed by atoms with Gasteiger partial charge < -0.3 is 0 Å². The molecule has 2 nitrogen and oxygen atoms in total. The number of nitrogens with one attached hydrogen (secondary N) is 1. The smallest absolute Gasteiger partial charge is 0.242 e. The van der Waals surface area contributed by atoms with Crippen molar-refractivity contribution >= 4 is 11.0 Å². The molecule has 16 heavy (non-hydrogen) atoms. The van der Waals surface area contributed by atoms with Crippen molar-refractivity contribution in [1.82, 2.24) is 4.72 Å². The quantitative estimate of drug-likeness (QED) is 0.829. The van der Waals surface area contributed by atoms with Crippen molar-refractivity contribution in [2.75, 3.05) is 0 Å². The Labute approximate surface area is 97.6 Å². The molecule has 0 aliphatic carbocycles. The molecule has 0 spiro atoms. The van der Waals surface area contributed by atoms with E-state index in [4.69, 9.17) is 0 Å². The molecule has 2 atom stereocenters. The Bertz CT molecular complexity index is 268. The molecule has 0 aromatic heterocycles. The van der Waals surface area contributed by atoms with Crippen LogP contribution in [0.2, 0.25) is 0 Å². The fourth-order valence-corrected chi connectivity index (χ4v) is 1.70. The molecule has 6 heteroatoms. The van der Waals surface area contributed by atoms with Gasteiger partial charge in [0.25, 0.3) is 0 Å². The molecular formula is C10H20F3NOS. The predicted molar refractivity (Wildman–Crippen MR) is 60.3 cm³/mol. The number of alkyl halides is 3. The lowest BCUT2D eigenvalue weighted by atomic mass is 9.85. The minimum atomic E-state index is -4.32. The van der Waals surface area contributed by atoms with E-state index in [1.54, 1.807) is 20.8 Å². The SMILES string of the molecule is C[C@H](NS(=O)C(C)(C)C)C(C)(C)C(F)(F)F. The largest absolute Gasteiger partial charge is 0.395 e. The van der Waals surface area contributed by atoms with E-state index < -0.39 is 33.4 Å². The van der Waals surface area contributed by atoms with Crippen LogP contribution in [0.4, 0.5) is 13.2 Å². The van der Waals surface area contributed by atoms with Crippen LogP contribution in [0.1, 0.15) is 41.5 Å². The highest BCUT2D eigenvalue weighted by Gasteiger charge is 2.51. The molecule has 0 heterocycles. The third-order valence-corrected chi connectivity index (χ3v) is 4.33. The third kappa shape index (κ3) is 3.73. The van der Waals surface area contributed by atoms with E-state index in [0.717, 1.165) is 13.8 Å². The minimum Gasteiger partial charge on any atom is -0.242 e. The number of halogens is 3. The maximum atomic E-state index is 12.7. The van der Waals surface area contributed by atoms with Crippen molar-refractivity contribution < 1.29 is 17.4 Å². The Balaban J connectivity index is 4.73. The summed E-state index contributed by atoms with van der Waals surface area (Å²) < 4.78 is 51.7. The summed E-state index contributed by atoms with van der Waals surface area (Å²) in [5, 5.41) is 0. The first-order valence-electron chi connectivity index (χ1n) is 5.05. The van der Waals surface area contributed by atoms with Crippen LogP contribution >= 0.6 is 0 Å². The van der Waals surface area contributed by atoms with Crippen LogP contribution < -0.4 is 4.72 Å². The molecule has 0 rings (SSSR count). The molecular weight excluding hydrogens is 239 g/mol. The second kappa shape index (κ2) is 4.64. The summed E-state index contributed by atoms with van der Waals surface area (Å²) in [5.41, 5.74) is -1.91. The predicted octanol–water partition coefficient (Wildman–Crippen LogP) is 3.02. The first kappa shape index (κ1) is 15.9. The molecule has 0 bridgehead atoms. The average Bonchev–Trinajstić information content (AvgIpc) is 1.99. The Kier molecular flexibility index (Phi) is 4.61. The maximum Gasteiger partial charge on any atom is 0.395 e. The van der Waals surface area contributed by atoms with Gasteiger partial charge in [0, 0.05) is 6.04 Å². The van der Waals surface area contributed by atoms with Gasteiger partial charge in [-0.1, -0.05) is 0 Å². The van der Waals surface area contributed by atoms with Crippen LogP contribution in [-0.2, 0) is 11.0 Å². The molecule has 0 amide bonds. The van der Waals surface area contributed by atoms with Gasteiger partial charge in [-0.25, -0.2) is 8.93 Å². The lowest BCUT2D eigenvalue weighted by molar-refractivity contribution is -0.218. The van der Waals surface area contributed by atoms with E-state index in [1.165, 1.54) is 6.92 Å². The second-order valence-electron chi connectivity index (χ2n) is 5.44. The zero-order chi connectivity index (χ0) is 13.4. The van der Waals surface area contributed by atoms with Crippen LogP contribution in [0.3, 0.4) is 0 Å². The van der Waals surface area contributed by atoms with Gasteiger partial charge in [0.1, 0.15) is 0 Å². The first-order chi connectivity index (χ1) is 6.80. The van der Waals surface area contributed by atoms with Crippen LogP contribution in [0, 0.1) is 5.41 Å². The van der Waals surface area contributed by atoms with Crippen molar-refractivity contribution in [3.63, 3.8) is 0 Å². The average molecular weight is 259 g/mol. The van der Waals surface area contributed by atoms with E-state index in [9.17, 15) is 17.4 Å². The fourth-order valence-electron chi connectivity index (χ4n) is 0.730. The third-order valence-electron chi connectivity index (χ3n) is 2.65. The zero-order valence-corrected chi connectivity index (χ0v) is 11.3. The van der Waals surface area contributed by atoms with E-state index in [-0.39, 0.29) is 0 Å². The topological polar surface area (TPSA) is 29.1 Å². The maximum absolute atomic E-state index is 12.7. The van der Waals surface area contributed by atoms with Gasteiger partial charge in [0.2, 0.25) is 0 Å². The molecule has 1 unspecified atom stereocenters. The van der Waals surface area contributed by atoms with Crippen LogP contribution in [-0.4, -0.2) is 21.2 Å². The molecule has 0 saturated carbocycles. The van der Waals surface area contributed by atoms with E-state index in [2.05, 4.69) is 4.72 Å². The van der Waals surface area contributed by atoms with Crippen molar-refractivity contribution in [3.8, 4) is 0 Å². The zero-order valence-electron chi connectivity index (χ0n) is 10.5. The Morgan fingerprint density at radius 1 is 1.06 bits per heavy atom. The molecule has 0 aliphatic rings. The molecule has 0 radical (unpaired) electrons. The summed E-state index contributed by atoms with van der Waals surface area (Å²) >= 11 is 0. The van der Waals surface area contributed by atoms with Gasteiger partial charge in [0.05, 0.1) is 21.1 Å². The monoisotopic (exact) mass is 259 g/mol. The summed E-state index contributed by atoms with van der Waals surface area (Å²) in [4.78, 5) is 0. The van der Waals surface area contributed by atoms with Crippen molar-refractivity contribution in [2.45, 2.75) is 58.5 Å². The summed E-state index contributed by atoms with van der Waals surface area (Å²) in [5.74, 6) is 0. The summed E-state index contributed by atoms with van der Waals surface area (Å²) in [6.07, 6.45) is -4.32. The normalized spacial score (nSPS) is 18.3. The minimum absolute atomic E-state index is 0.573. The van der Waals surface area contributed by atoms with Crippen LogP contribution in [0.25, 0.3) is 0 Å². The Morgan fingerprint density at radius 3 is 1.69 bits per heavy atom. The Morgan fingerprint density at radius 2 is 1.44 bits per heavy atom. The van der Waals surface area contributed by atoms with Crippen molar-refractivity contribution in [2.24, 2.45) is 5.41 Å². The van der Waals surface area contributed by atoms with Crippen LogP contribution in [0.15, 0.2) is 0 Å². The lowest BCUT2D eigenvalue weighted by Gasteiger charge is -2.35. The highest BCUT2D eigenvalue weighted by atomic mass is 32.2. The van der Waals surface area contributed by atoms with E-state index in [0.29, 0.717) is 0 Å². The van der Waals surface area contributed by atoms with Gasteiger partial charge >= 0.3 is 6.18 Å². The number of hydrogen-bond donors (Lipinski definition) is 1. The fraction of sp³-hybridized carbons (Fsp3) is 1.00. The van der Waals surface area contributed by atoms with Crippen LogP contribution in [0.5, 0.6) is 0 Å². The van der Waals surface area contributed by atoms with Gasteiger partial charge in [-0.3, -0.25) is 0 Å². The van der Waals surface area contributed by atoms with Gasteiger partial charge in [0.15, 0.2) is 0 Å². The van der Waals surface area contributed by atoms with Gasteiger partial charge in [-0.05, 0) is 41.5 Å². The molecule has 0 fully saturated rings. The van der Waals surface area contributed by atoms with Gasteiger partial charge in [-0.15, -0.1) is 0 Å². The summed E-state index contributed by atoms with van der Waals surface area (Å²) in [7, 11) is -1.50. The Hall–Kier alpha value is -0.100. The second-order valence-corrected chi connectivity index (χ2v) is 7.44. The standard InChI is InChI=1S/C10H20F3NOS/c1-7(9(5,6)10(11,12)13)14-16(15)8(2,3)4/h7,14H,1-6H3/t7-,16?/m0/s1. The van der Waals surface area contributed by atoms with Crippen molar-refractivity contribution in [1.29, 1.82) is 0 Å². The molecule has 0 aromatic carbocycles. The highest BCUT2D eigenvalue weighted by Crippen LogP contribution is 2.40. The number of rotatable bonds is 3. The summed E-state index contributed by atoms with van der Waals surface area (Å²) in [6.45, 7) is 8.74. The van der Waals surface area contributed by atoms with Crippen molar-refractivity contribution in [3.05, 3.63) is 0 Å². The van der Waals surface area contributed by atoms with E-state index in [1.807, 2.05) is 0 Å². The first-order valence-corrected chi connectivity index (χ1v) is 6.20. The van der Waals surface area contributed by atoms with E-state index >= 15 is 0 Å². The molecule has 0 aromatic rings. The molecule has 0 saturated heterocycles. The lowest BCUT2D eigenvalue weighted by Crippen LogP contribution is -2.51. The summed E-state index contributed by atoms with van der Waals surface area (Å²) in [6, 6.07) is -0.910. The number of hydrogen-bond acceptors (Lipinski definition) is 1. The molecule has 1 N–H and O–H groups in total. The molecule has 0 aliphatic heterocycles. The molecule has 98 valence electrons. The highest BCUT2D eigenvalue weighted by molar-refractivity contribution is 7.84. The van der Waals surface area contributed by atoms with Gasteiger partial charge in [-0.2, -0.15) is 13.2 Å².